The van der Waals surface area contributed by atoms with Crippen molar-refractivity contribution in [2.24, 2.45) is 0 Å². The largest absolute Gasteiger partial charge is 0.416 e. The van der Waals surface area contributed by atoms with Gasteiger partial charge in [-0.1, -0.05) is 19.9 Å². The summed E-state index contributed by atoms with van der Waals surface area (Å²) in [7, 11) is 0. The van der Waals surface area contributed by atoms with Crippen LogP contribution in [-0.4, -0.2) is 20.6 Å². The van der Waals surface area contributed by atoms with Crippen molar-refractivity contribution in [2.45, 2.75) is 25.9 Å². The molecule has 4 nitrogen and oxygen atoms in total. The summed E-state index contributed by atoms with van der Waals surface area (Å²) in [5.41, 5.74) is 0.120. The first-order valence-corrected chi connectivity index (χ1v) is 5.34. The molecule has 1 heterocycles. The molecule has 0 saturated heterocycles. The monoisotopic (exact) mass is 256 g/mol. The summed E-state index contributed by atoms with van der Waals surface area (Å²) in [6.07, 6.45) is -4.35. The first kappa shape index (κ1) is 12.5. The predicted octanol–water partition coefficient (Wildman–Crippen LogP) is 3.01. The van der Waals surface area contributed by atoms with Gasteiger partial charge in [-0.3, -0.25) is 0 Å². The maximum absolute atomic E-state index is 12.8. The van der Waals surface area contributed by atoms with E-state index in [1.165, 1.54) is 12.1 Å². The standard InChI is InChI=1S/C11H11F3N4/c1-6(2)8-5-7(10-15-17-18-16-10)3-4-9(8)11(12,13)14/h3-6H,1-2H3,(H,15,16,17,18). The number of halogens is 3. The topological polar surface area (TPSA) is 54.5 Å². The van der Waals surface area contributed by atoms with Crippen molar-refractivity contribution in [3.05, 3.63) is 29.3 Å². The number of hydrogen-bond donors (Lipinski definition) is 1. The van der Waals surface area contributed by atoms with Crippen molar-refractivity contribution < 1.29 is 13.2 Å². The van der Waals surface area contributed by atoms with Crippen LogP contribution in [0.4, 0.5) is 13.2 Å². The fourth-order valence-electron chi connectivity index (χ4n) is 1.72. The van der Waals surface area contributed by atoms with E-state index < -0.39 is 11.7 Å². The van der Waals surface area contributed by atoms with Crippen LogP contribution < -0.4 is 0 Å². The summed E-state index contributed by atoms with van der Waals surface area (Å²) < 4.78 is 38.5. The molecule has 0 aliphatic rings. The van der Waals surface area contributed by atoms with Gasteiger partial charge in [0.05, 0.1) is 5.56 Å². The Morgan fingerprint density at radius 3 is 2.44 bits per heavy atom. The van der Waals surface area contributed by atoms with Crippen molar-refractivity contribution in [1.82, 2.24) is 20.6 Å². The lowest BCUT2D eigenvalue weighted by Crippen LogP contribution is -2.10. The molecular formula is C11H11F3N4. The molecule has 0 spiro atoms. The number of aromatic amines is 1. The Kier molecular flexibility index (Phi) is 3.06. The summed E-state index contributed by atoms with van der Waals surface area (Å²) >= 11 is 0. The number of hydrogen-bond acceptors (Lipinski definition) is 3. The maximum atomic E-state index is 12.8. The third-order valence-corrected chi connectivity index (χ3v) is 2.58. The Bertz CT molecular complexity index is 532. The fourth-order valence-corrected chi connectivity index (χ4v) is 1.72. The van der Waals surface area contributed by atoms with Gasteiger partial charge in [-0.15, -0.1) is 10.2 Å². The molecule has 0 bridgehead atoms. The average molecular weight is 256 g/mol. The molecule has 7 heteroatoms. The van der Waals surface area contributed by atoms with Gasteiger partial charge in [-0.05, 0) is 28.8 Å². The highest BCUT2D eigenvalue weighted by Crippen LogP contribution is 2.36. The van der Waals surface area contributed by atoms with E-state index in [1.54, 1.807) is 13.8 Å². The van der Waals surface area contributed by atoms with Gasteiger partial charge < -0.3 is 0 Å². The average Bonchev–Trinajstić information content (AvgIpc) is 2.80. The van der Waals surface area contributed by atoms with E-state index in [1.807, 2.05) is 0 Å². The lowest BCUT2D eigenvalue weighted by Gasteiger charge is -2.16. The zero-order valence-electron chi connectivity index (χ0n) is 9.78. The van der Waals surface area contributed by atoms with Gasteiger partial charge in [0, 0.05) is 5.56 Å². The number of tetrazole rings is 1. The van der Waals surface area contributed by atoms with Crippen molar-refractivity contribution in [1.29, 1.82) is 0 Å². The SMILES string of the molecule is CC(C)c1cc(-c2nn[nH]n2)ccc1C(F)(F)F. The number of rotatable bonds is 2. The van der Waals surface area contributed by atoms with Crippen LogP contribution in [0.25, 0.3) is 11.4 Å². The van der Waals surface area contributed by atoms with Gasteiger partial charge in [0.25, 0.3) is 0 Å². The van der Waals surface area contributed by atoms with Crippen LogP contribution in [0.5, 0.6) is 0 Å². The molecule has 0 fully saturated rings. The number of H-pyrrole nitrogens is 1. The van der Waals surface area contributed by atoms with Gasteiger partial charge in [-0.25, -0.2) is 0 Å². The minimum atomic E-state index is -4.35. The van der Waals surface area contributed by atoms with E-state index in [0.29, 0.717) is 5.56 Å². The summed E-state index contributed by atoms with van der Waals surface area (Å²) in [6, 6.07) is 3.86. The van der Waals surface area contributed by atoms with E-state index in [0.717, 1.165) is 6.07 Å². The smallest absolute Gasteiger partial charge is 0.177 e. The number of nitrogens with zero attached hydrogens (tertiary/aromatic N) is 3. The molecule has 2 rings (SSSR count). The third kappa shape index (κ3) is 2.34. The van der Waals surface area contributed by atoms with Gasteiger partial charge in [0.1, 0.15) is 0 Å². The molecule has 96 valence electrons. The van der Waals surface area contributed by atoms with Crippen LogP contribution in [0.15, 0.2) is 18.2 Å². The van der Waals surface area contributed by atoms with Crippen LogP contribution in [0.2, 0.25) is 0 Å². The molecule has 0 radical (unpaired) electrons. The van der Waals surface area contributed by atoms with Gasteiger partial charge in [0.15, 0.2) is 0 Å². The van der Waals surface area contributed by atoms with Crippen molar-refractivity contribution in [2.75, 3.05) is 0 Å². The van der Waals surface area contributed by atoms with Crippen LogP contribution in [0.3, 0.4) is 0 Å². The Hall–Kier alpha value is -1.92. The normalized spacial score (nSPS) is 12.1. The van der Waals surface area contributed by atoms with Crippen molar-refractivity contribution in [3.8, 4) is 11.4 Å². The van der Waals surface area contributed by atoms with E-state index in [4.69, 9.17) is 0 Å². The first-order chi connectivity index (χ1) is 8.39. The van der Waals surface area contributed by atoms with E-state index >= 15 is 0 Å². The molecule has 0 aliphatic carbocycles. The molecular weight excluding hydrogens is 245 g/mol. The van der Waals surface area contributed by atoms with E-state index in [2.05, 4.69) is 20.6 Å². The second-order valence-electron chi connectivity index (χ2n) is 4.19. The molecule has 1 aromatic carbocycles. The molecule has 0 aliphatic heterocycles. The molecule has 0 unspecified atom stereocenters. The van der Waals surface area contributed by atoms with Crippen molar-refractivity contribution in [3.63, 3.8) is 0 Å². The highest BCUT2D eigenvalue weighted by atomic mass is 19.4. The molecule has 0 saturated carbocycles. The van der Waals surface area contributed by atoms with Crippen LogP contribution in [0.1, 0.15) is 30.9 Å². The van der Waals surface area contributed by atoms with Crippen LogP contribution in [0, 0.1) is 0 Å². The zero-order valence-corrected chi connectivity index (χ0v) is 9.78. The summed E-state index contributed by atoms with van der Waals surface area (Å²) in [5, 5.41) is 13.2. The number of benzene rings is 1. The number of alkyl halides is 3. The van der Waals surface area contributed by atoms with Crippen LogP contribution >= 0.6 is 0 Å². The molecule has 0 amide bonds. The third-order valence-electron chi connectivity index (χ3n) is 2.58. The predicted molar refractivity (Wildman–Crippen MR) is 58.7 cm³/mol. The Labute approximate surface area is 101 Å². The van der Waals surface area contributed by atoms with Gasteiger partial charge >= 0.3 is 6.18 Å². The second kappa shape index (κ2) is 4.40. The fraction of sp³-hybridized carbons (Fsp3) is 0.364. The molecule has 1 aromatic heterocycles. The second-order valence-corrected chi connectivity index (χ2v) is 4.19. The quantitative estimate of drug-likeness (QED) is 0.898. The van der Waals surface area contributed by atoms with E-state index in [9.17, 15) is 13.2 Å². The Morgan fingerprint density at radius 1 is 1.22 bits per heavy atom. The number of aromatic nitrogens is 4. The lowest BCUT2D eigenvalue weighted by atomic mass is 9.94. The summed E-state index contributed by atoms with van der Waals surface area (Å²) in [6.45, 7) is 3.43. The minimum Gasteiger partial charge on any atom is -0.177 e. The maximum Gasteiger partial charge on any atom is 0.416 e. The minimum absolute atomic E-state index is 0.227. The Morgan fingerprint density at radius 2 is 1.94 bits per heavy atom. The molecule has 18 heavy (non-hydrogen) atoms. The summed E-state index contributed by atoms with van der Waals surface area (Å²) in [5.74, 6) is 0.0408. The molecule has 0 atom stereocenters. The first-order valence-electron chi connectivity index (χ1n) is 5.34. The zero-order chi connectivity index (χ0) is 13.3. The van der Waals surface area contributed by atoms with Crippen molar-refractivity contribution >= 4 is 0 Å². The highest BCUT2D eigenvalue weighted by Gasteiger charge is 2.34. The summed E-state index contributed by atoms with van der Waals surface area (Å²) in [4.78, 5) is 0. The van der Waals surface area contributed by atoms with Gasteiger partial charge in [-0.2, -0.15) is 18.4 Å². The number of nitrogens with one attached hydrogen (secondary N) is 1. The lowest BCUT2D eigenvalue weighted by molar-refractivity contribution is -0.138. The Balaban J connectivity index is 2.54. The molecule has 1 N–H and O–H groups in total. The van der Waals surface area contributed by atoms with E-state index in [-0.39, 0.29) is 17.3 Å². The van der Waals surface area contributed by atoms with Gasteiger partial charge in [0.2, 0.25) is 5.82 Å². The van der Waals surface area contributed by atoms with Crippen LogP contribution in [-0.2, 0) is 6.18 Å². The highest BCUT2D eigenvalue weighted by molar-refractivity contribution is 5.57. The molecule has 2 aromatic rings.